The lowest BCUT2D eigenvalue weighted by molar-refractivity contribution is -0.118. The second-order valence-electron chi connectivity index (χ2n) is 6.15. The van der Waals surface area contributed by atoms with Crippen LogP contribution < -0.4 is 15.4 Å². The van der Waals surface area contributed by atoms with Crippen LogP contribution >= 0.6 is 11.8 Å². The normalized spacial score (nSPS) is 16.4. The SMILES string of the molecule is CC(=O)NCCNCc1ccccc1OC[C@H](O)CN1CCSCC1. The van der Waals surface area contributed by atoms with E-state index in [1.807, 2.05) is 36.0 Å². The first-order valence-corrected chi connectivity index (χ1v) is 9.94. The molecule has 0 radical (unpaired) electrons. The molecule has 1 aromatic rings. The molecule has 6 nitrogen and oxygen atoms in total. The maximum absolute atomic E-state index is 10.8. The third-order valence-corrected chi connectivity index (χ3v) is 4.91. The quantitative estimate of drug-likeness (QED) is 0.529. The summed E-state index contributed by atoms with van der Waals surface area (Å²) in [5, 5.41) is 16.3. The molecule has 25 heavy (non-hydrogen) atoms. The predicted molar refractivity (Wildman–Crippen MR) is 102 cm³/mol. The minimum Gasteiger partial charge on any atom is -0.491 e. The molecule has 1 heterocycles. The zero-order valence-electron chi connectivity index (χ0n) is 14.9. The van der Waals surface area contributed by atoms with Crippen LogP contribution in [0.5, 0.6) is 5.75 Å². The number of thioether (sulfide) groups is 1. The van der Waals surface area contributed by atoms with E-state index >= 15 is 0 Å². The summed E-state index contributed by atoms with van der Waals surface area (Å²) in [4.78, 5) is 13.1. The Morgan fingerprint density at radius 3 is 2.84 bits per heavy atom. The number of carbonyl (C=O) groups excluding carboxylic acids is 1. The number of benzene rings is 1. The van der Waals surface area contributed by atoms with Gasteiger partial charge in [-0.3, -0.25) is 9.69 Å². The fraction of sp³-hybridized carbons (Fsp3) is 0.611. The van der Waals surface area contributed by atoms with E-state index in [-0.39, 0.29) is 5.91 Å². The van der Waals surface area contributed by atoms with Crippen molar-refractivity contribution in [3.8, 4) is 5.75 Å². The van der Waals surface area contributed by atoms with Crippen LogP contribution in [-0.4, -0.2) is 72.9 Å². The summed E-state index contributed by atoms with van der Waals surface area (Å²) < 4.78 is 5.84. The van der Waals surface area contributed by atoms with Gasteiger partial charge in [0.15, 0.2) is 0 Å². The second kappa shape index (κ2) is 11.4. The highest BCUT2D eigenvalue weighted by molar-refractivity contribution is 7.99. The molecular formula is C18H29N3O3S. The van der Waals surface area contributed by atoms with Crippen LogP contribution in [0.25, 0.3) is 0 Å². The van der Waals surface area contributed by atoms with Crippen molar-refractivity contribution in [2.24, 2.45) is 0 Å². The molecule has 1 aliphatic rings. The van der Waals surface area contributed by atoms with E-state index in [1.165, 1.54) is 6.92 Å². The van der Waals surface area contributed by atoms with Gasteiger partial charge < -0.3 is 20.5 Å². The Morgan fingerprint density at radius 1 is 1.32 bits per heavy atom. The van der Waals surface area contributed by atoms with E-state index in [2.05, 4.69) is 15.5 Å². The molecule has 1 fully saturated rings. The monoisotopic (exact) mass is 367 g/mol. The number of hydrogen-bond donors (Lipinski definition) is 3. The fourth-order valence-corrected chi connectivity index (χ4v) is 3.64. The van der Waals surface area contributed by atoms with Crippen LogP contribution in [0.1, 0.15) is 12.5 Å². The third-order valence-electron chi connectivity index (χ3n) is 3.97. The molecule has 140 valence electrons. The summed E-state index contributed by atoms with van der Waals surface area (Å²) >= 11 is 1.97. The van der Waals surface area contributed by atoms with Gasteiger partial charge in [-0.15, -0.1) is 0 Å². The number of aliphatic hydroxyl groups excluding tert-OH is 1. The summed E-state index contributed by atoms with van der Waals surface area (Å²) in [6.07, 6.45) is -0.483. The van der Waals surface area contributed by atoms with E-state index in [0.29, 0.717) is 32.8 Å². The van der Waals surface area contributed by atoms with E-state index in [0.717, 1.165) is 35.9 Å². The van der Waals surface area contributed by atoms with Crippen molar-refractivity contribution in [3.05, 3.63) is 29.8 Å². The number of nitrogens with zero attached hydrogens (tertiary/aromatic N) is 1. The maximum atomic E-state index is 10.8. The van der Waals surface area contributed by atoms with Gasteiger partial charge in [0, 0.05) is 63.3 Å². The number of β-amino-alcohol motifs (C(OH)–C–C–N with tert-alkyl or cyclic N) is 1. The smallest absolute Gasteiger partial charge is 0.216 e. The molecule has 0 aliphatic carbocycles. The molecule has 1 atom stereocenters. The van der Waals surface area contributed by atoms with Crippen molar-refractivity contribution < 1.29 is 14.6 Å². The summed E-state index contributed by atoms with van der Waals surface area (Å²) in [7, 11) is 0. The van der Waals surface area contributed by atoms with Gasteiger partial charge in [0.25, 0.3) is 0 Å². The van der Waals surface area contributed by atoms with Crippen LogP contribution in [0.3, 0.4) is 0 Å². The average molecular weight is 368 g/mol. The van der Waals surface area contributed by atoms with Crippen LogP contribution in [0.2, 0.25) is 0 Å². The van der Waals surface area contributed by atoms with Crippen molar-refractivity contribution in [2.75, 3.05) is 50.8 Å². The molecule has 0 bridgehead atoms. The molecule has 1 aromatic carbocycles. The van der Waals surface area contributed by atoms with Crippen LogP contribution in [0, 0.1) is 0 Å². The fourth-order valence-electron chi connectivity index (χ4n) is 2.66. The van der Waals surface area contributed by atoms with Crippen LogP contribution in [0.4, 0.5) is 0 Å². The maximum Gasteiger partial charge on any atom is 0.216 e. The van der Waals surface area contributed by atoms with Crippen molar-refractivity contribution in [3.63, 3.8) is 0 Å². The number of hydrogen-bond acceptors (Lipinski definition) is 6. The molecule has 0 spiro atoms. The lowest BCUT2D eigenvalue weighted by Gasteiger charge is -2.28. The number of nitrogens with one attached hydrogen (secondary N) is 2. The lowest BCUT2D eigenvalue weighted by Crippen LogP contribution is -2.40. The van der Waals surface area contributed by atoms with E-state index in [1.54, 1.807) is 0 Å². The Kier molecular flexibility index (Phi) is 9.10. The number of para-hydroxylation sites is 1. The Balaban J connectivity index is 1.72. The van der Waals surface area contributed by atoms with Gasteiger partial charge in [0.05, 0.1) is 0 Å². The zero-order chi connectivity index (χ0) is 17.9. The first-order chi connectivity index (χ1) is 12.1. The van der Waals surface area contributed by atoms with Crippen molar-refractivity contribution in [1.82, 2.24) is 15.5 Å². The minimum absolute atomic E-state index is 0.0215. The number of amides is 1. The van der Waals surface area contributed by atoms with Gasteiger partial charge in [-0.1, -0.05) is 18.2 Å². The second-order valence-corrected chi connectivity index (χ2v) is 7.37. The van der Waals surface area contributed by atoms with Crippen molar-refractivity contribution in [2.45, 2.75) is 19.6 Å². The lowest BCUT2D eigenvalue weighted by atomic mass is 10.2. The van der Waals surface area contributed by atoms with Gasteiger partial charge in [-0.2, -0.15) is 11.8 Å². The van der Waals surface area contributed by atoms with E-state index in [9.17, 15) is 9.90 Å². The summed E-state index contributed by atoms with van der Waals surface area (Å²) in [6, 6.07) is 7.84. The summed E-state index contributed by atoms with van der Waals surface area (Å²) in [6.45, 7) is 6.51. The highest BCUT2D eigenvalue weighted by Gasteiger charge is 2.15. The molecular weight excluding hydrogens is 338 g/mol. The highest BCUT2D eigenvalue weighted by atomic mass is 32.2. The Bertz CT molecular complexity index is 524. The molecule has 1 amide bonds. The van der Waals surface area contributed by atoms with E-state index < -0.39 is 6.10 Å². The molecule has 1 saturated heterocycles. The van der Waals surface area contributed by atoms with Gasteiger partial charge in [0.2, 0.25) is 5.91 Å². The van der Waals surface area contributed by atoms with E-state index in [4.69, 9.17) is 4.74 Å². The number of ether oxygens (including phenoxy) is 1. The van der Waals surface area contributed by atoms with Gasteiger partial charge in [-0.25, -0.2) is 0 Å². The van der Waals surface area contributed by atoms with Gasteiger partial charge in [-0.05, 0) is 6.07 Å². The Hall–Kier alpha value is -1.28. The largest absolute Gasteiger partial charge is 0.491 e. The molecule has 3 N–H and O–H groups in total. The standard InChI is InChI=1S/C18H29N3O3S/c1-15(22)20-7-6-19-12-16-4-2-3-5-18(16)24-14-17(23)13-21-8-10-25-11-9-21/h2-5,17,19,23H,6-14H2,1H3,(H,20,22)/t17-/m1/s1. The molecule has 7 heteroatoms. The van der Waals surface area contributed by atoms with Gasteiger partial charge >= 0.3 is 0 Å². The van der Waals surface area contributed by atoms with Crippen molar-refractivity contribution in [1.29, 1.82) is 0 Å². The average Bonchev–Trinajstić information content (AvgIpc) is 2.61. The summed E-state index contributed by atoms with van der Waals surface area (Å²) in [5.41, 5.74) is 1.05. The Labute approximate surface area is 154 Å². The summed E-state index contributed by atoms with van der Waals surface area (Å²) in [5.74, 6) is 3.05. The molecule has 0 unspecified atom stereocenters. The minimum atomic E-state index is -0.483. The third kappa shape index (κ3) is 8.09. The number of rotatable bonds is 10. The topological polar surface area (TPSA) is 73.8 Å². The molecule has 2 rings (SSSR count). The van der Waals surface area contributed by atoms with Crippen LogP contribution in [-0.2, 0) is 11.3 Å². The highest BCUT2D eigenvalue weighted by Crippen LogP contribution is 2.18. The first kappa shape index (κ1) is 20.0. The zero-order valence-corrected chi connectivity index (χ0v) is 15.7. The number of carbonyl (C=O) groups is 1. The van der Waals surface area contributed by atoms with Gasteiger partial charge in [0.1, 0.15) is 18.5 Å². The molecule has 0 saturated carbocycles. The molecule has 0 aromatic heterocycles. The van der Waals surface area contributed by atoms with Crippen molar-refractivity contribution >= 4 is 17.7 Å². The first-order valence-electron chi connectivity index (χ1n) is 8.79. The number of aliphatic hydroxyl groups is 1. The Morgan fingerprint density at radius 2 is 2.08 bits per heavy atom. The predicted octanol–water partition coefficient (Wildman–Crippen LogP) is 0.701. The van der Waals surface area contributed by atoms with Crippen LogP contribution in [0.15, 0.2) is 24.3 Å². The molecule has 1 aliphatic heterocycles.